The molecule has 0 radical (unpaired) electrons. The molecule has 2 aromatic carbocycles. The van der Waals surface area contributed by atoms with E-state index in [0.29, 0.717) is 18.7 Å². The van der Waals surface area contributed by atoms with Gasteiger partial charge in [-0.15, -0.1) is 0 Å². The molecule has 0 aliphatic carbocycles. The van der Waals surface area contributed by atoms with Crippen LogP contribution in [0.25, 0.3) is 0 Å². The standard InChI is InChI=1S/C16H18N2O2/c17-10-13-6-1-2-7-14(13)11-18-16(20)9-12-5-3-4-8-15(12)19/h1-8,19H,9-11,17H2,(H,18,20). The number of nitrogens with two attached hydrogens (primary N) is 1. The van der Waals surface area contributed by atoms with Crippen molar-refractivity contribution in [3.8, 4) is 5.75 Å². The molecular formula is C16H18N2O2. The number of aromatic hydroxyl groups is 1. The second-order valence-electron chi connectivity index (χ2n) is 4.56. The van der Waals surface area contributed by atoms with Crippen molar-refractivity contribution in [1.29, 1.82) is 0 Å². The van der Waals surface area contributed by atoms with Crippen LogP contribution in [0, 0.1) is 0 Å². The molecule has 0 heterocycles. The molecule has 0 aliphatic rings. The maximum Gasteiger partial charge on any atom is 0.224 e. The number of amides is 1. The van der Waals surface area contributed by atoms with Crippen LogP contribution >= 0.6 is 0 Å². The van der Waals surface area contributed by atoms with Gasteiger partial charge in [0.15, 0.2) is 0 Å². The molecule has 0 aromatic heterocycles. The van der Waals surface area contributed by atoms with E-state index in [-0.39, 0.29) is 18.1 Å². The van der Waals surface area contributed by atoms with Gasteiger partial charge >= 0.3 is 0 Å². The molecule has 0 saturated heterocycles. The molecule has 0 saturated carbocycles. The summed E-state index contributed by atoms with van der Waals surface area (Å²) in [6.07, 6.45) is 0.164. The number of phenols is 1. The van der Waals surface area contributed by atoms with E-state index in [2.05, 4.69) is 5.32 Å². The number of nitrogens with one attached hydrogen (secondary N) is 1. The molecule has 0 unspecified atom stereocenters. The lowest BCUT2D eigenvalue weighted by Gasteiger charge is -2.09. The smallest absolute Gasteiger partial charge is 0.224 e. The number of hydrogen-bond donors (Lipinski definition) is 3. The van der Waals surface area contributed by atoms with Gasteiger partial charge in [-0.05, 0) is 17.2 Å². The van der Waals surface area contributed by atoms with Gasteiger partial charge in [0.05, 0.1) is 6.42 Å². The highest BCUT2D eigenvalue weighted by Gasteiger charge is 2.07. The summed E-state index contributed by atoms with van der Waals surface area (Å²) in [4.78, 5) is 11.9. The van der Waals surface area contributed by atoms with Crippen LogP contribution in [0.4, 0.5) is 0 Å². The van der Waals surface area contributed by atoms with Crippen molar-refractivity contribution in [2.45, 2.75) is 19.5 Å². The molecule has 4 nitrogen and oxygen atoms in total. The number of carbonyl (C=O) groups is 1. The first kappa shape index (κ1) is 14.1. The quantitative estimate of drug-likeness (QED) is 0.774. The predicted molar refractivity (Wildman–Crippen MR) is 78.0 cm³/mol. The van der Waals surface area contributed by atoms with Gasteiger partial charge in [-0.3, -0.25) is 4.79 Å². The van der Waals surface area contributed by atoms with Gasteiger partial charge in [0.25, 0.3) is 0 Å². The SMILES string of the molecule is NCc1ccccc1CNC(=O)Cc1ccccc1O. The second-order valence-corrected chi connectivity index (χ2v) is 4.56. The first-order valence-electron chi connectivity index (χ1n) is 6.51. The van der Waals surface area contributed by atoms with Gasteiger partial charge in [0.1, 0.15) is 5.75 Å². The van der Waals surface area contributed by atoms with Crippen LogP contribution in [0.1, 0.15) is 16.7 Å². The normalized spacial score (nSPS) is 10.2. The summed E-state index contributed by atoms with van der Waals surface area (Å²) in [5, 5.41) is 12.5. The lowest BCUT2D eigenvalue weighted by atomic mass is 10.1. The monoisotopic (exact) mass is 270 g/mol. The molecule has 2 rings (SSSR count). The zero-order valence-electron chi connectivity index (χ0n) is 11.2. The van der Waals surface area contributed by atoms with E-state index in [0.717, 1.165) is 11.1 Å². The molecule has 104 valence electrons. The summed E-state index contributed by atoms with van der Waals surface area (Å²) in [5.41, 5.74) is 8.31. The maximum absolute atomic E-state index is 11.9. The molecule has 0 atom stereocenters. The van der Waals surface area contributed by atoms with E-state index in [1.807, 2.05) is 24.3 Å². The molecule has 0 spiro atoms. The first-order valence-corrected chi connectivity index (χ1v) is 6.51. The van der Waals surface area contributed by atoms with Gasteiger partial charge in [0, 0.05) is 18.7 Å². The van der Waals surface area contributed by atoms with E-state index in [4.69, 9.17) is 5.73 Å². The zero-order chi connectivity index (χ0) is 14.4. The minimum Gasteiger partial charge on any atom is -0.508 e. The average molecular weight is 270 g/mol. The van der Waals surface area contributed by atoms with Crippen LogP contribution in [0.2, 0.25) is 0 Å². The fraction of sp³-hybridized carbons (Fsp3) is 0.188. The van der Waals surface area contributed by atoms with Crippen molar-refractivity contribution < 1.29 is 9.90 Å². The van der Waals surface area contributed by atoms with Crippen molar-refractivity contribution in [3.63, 3.8) is 0 Å². The Balaban J connectivity index is 1.94. The van der Waals surface area contributed by atoms with E-state index in [1.54, 1.807) is 24.3 Å². The van der Waals surface area contributed by atoms with Gasteiger partial charge < -0.3 is 16.2 Å². The van der Waals surface area contributed by atoms with Crippen LogP contribution < -0.4 is 11.1 Å². The molecule has 4 N–H and O–H groups in total. The lowest BCUT2D eigenvalue weighted by molar-refractivity contribution is -0.120. The summed E-state index contributed by atoms with van der Waals surface area (Å²) in [6, 6.07) is 14.6. The van der Waals surface area contributed by atoms with Crippen LogP contribution in [0.5, 0.6) is 5.75 Å². The second kappa shape index (κ2) is 6.73. The summed E-state index contributed by atoms with van der Waals surface area (Å²) < 4.78 is 0. The summed E-state index contributed by atoms with van der Waals surface area (Å²) >= 11 is 0. The highest BCUT2D eigenvalue weighted by molar-refractivity contribution is 5.79. The van der Waals surface area contributed by atoms with Crippen molar-refractivity contribution in [1.82, 2.24) is 5.32 Å². The molecule has 2 aromatic rings. The van der Waals surface area contributed by atoms with E-state index < -0.39 is 0 Å². The van der Waals surface area contributed by atoms with Crippen molar-refractivity contribution >= 4 is 5.91 Å². The van der Waals surface area contributed by atoms with Gasteiger partial charge in [0.2, 0.25) is 5.91 Å². The minimum atomic E-state index is -0.127. The Morgan fingerprint density at radius 1 is 1.00 bits per heavy atom. The third kappa shape index (κ3) is 3.59. The summed E-state index contributed by atoms with van der Waals surface area (Å²) in [5.74, 6) is 0.0170. The first-order chi connectivity index (χ1) is 9.70. The van der Waals surface area contributed by atoms with E-state index in [1.165, 1.54) is 0 Å². The third-order valence-electron chi connectivity index (χ3n) is 3.16. The average Bonchev–Trinajstić information content (AvgIpc) is 2.48. The Bertz CT molecular complexity index is 597. The zero-order valence-corrected chi connectivity index (χ0v) is 11.2. The van der Waals surface area contributed by atoms with Crippen LogP contribution in [-0.2, 0) is 24.3 Å². The van der Waals surface area contributed by atoms with Gasteiger partial charge in [-0.2, -0.15) is 0 Å². The Labute approximate surface area is 118 Å². The van der Waals surface area contributed by atoms with Crippen LogP contribution in [0.15, 0.2) is 48.5 Å². The van der Waals surface area contributed by atoms with Crippen LogP contribution in [0.3, 0.4) is 0 Å². The number of rotatable bonds is 5. The number of phenolic OH excluding ortho intramolecular Hbond substituents is 1. The largest absolute Gasteiger partial charge is 0.508 e. The Morgan fingerprint density at radius 2 is 1.60 bits per heavy atom. The number of benzene rings is 2. The fourth-order valence-corrected chi connectivity index (χ4v) is 2.02. The Kier molecular flexibility index (Phi) is 4.74. The molecule has 20 heavy (non-hydrogen) atoms. The number of carbonyl (C=O) groups excluding carboxylic acids is 1. The fourth-order valence-electron chi connectivity index (χ4n) is 2.02. The molecule has 0 fully saturated rings. The summed E-state index contributed by atoms with van der Waals surface area (Å²) in [6.45, 7) is 0.894. The van der Waals surface area contributed by atoms with E-state index in [9.17, 15) is 9.90 Å². The summed E-state index contributed by atoms with van der Waals surface area (Å²) in [7, 11) is 0. The molecular weight excluding hydrogens is 252 g/mol. The predicted octanol–water partition coefficient (Wildman–Crippen LogP) is 1.71. The Morgan fingerprint density at radius 3 is 2.25 bits per heavy atom. The third-order valence-corrected chi connectivity index (χ3v) is 3.16. The highest BCUT2D eigenvalue weighted by atomic mass is 16.3. The Hall–Kier alpha value is -2.33. The molecule has 1 amide bonds. The minimum absolute atomic E-state index is 0.127. The van der Waals surface area contributed by atoms with E-state index >= 15 is 0 Å². The van der Waals surface area contributed by atoms with Crippen LogP contribution in [-0.4, -0.2) is 11.0 Å². The number of para-hydroxylation sites is 1. The van der Waals surface area contributed by atoms with Crippen molar-refractivity contribution in [2.24, 2.45) is 5.73 Å². The topological polar surface area (TPSA) is 75.3 Å². The van der Waals surface area contributed by atoms with Gasteiger partial charge in [-0.1, -0.05) is 42.5 Å². The highest BCUT2D eigenvalue weighted by Crippen LogP contribution is 2.16. The number of hydrogen-bond acceptors (Lipinski definition) is 3. The van der Waals surface area contributed by atoms with Crippen molar-refractivity contribution in [2.75, 3.05) is 0 Å². The van der Waals surface area contributed by atoms with Crippen molar-refractivity contribution in [3.05, 3.63) is 65.2 Å². The molecule has 0 bridgehead atoms. The lowest BCUT2D eigenvalue weighted by Crippen LogP contribution is -2.25. The molecule has 4 heteroatoms. The maximum atomic E-state index is 11.9. The van der Waals surface area contributed by atoms with Gasteiger partial charge in [-0.25, -0.2) is 0 Å². The molecule has 0 aliphatic heterocycles.